The summed E-state index contributed by atoms with van der Waals surface area (Å²) in [4.78, 5) is 8.74. The van der Waals surface area contributed by atoms with Crippen molar-refractivity contribution >= 4 is 11.6 Å². The summed E-state index contributed by atoms with van der Waals surface area (Å²) in [6.07, 6.45) is 4.99. The first-order chi connectivity index (χ1) is 11.6. The first-order valence-electron chi connectivity index (χ1n) is 8.84. The Morgan fingerprint density at radius 2 is 1.71 bits per heavy atom. The fourth-order valence-corrected chi connectivity index (χ4v) is 3.54. The Balaban J connectivity index is 1.52. The van der Waals surface area contributed by atoms with Gasteiger partial charge in [-0.25, -0.2) is 4.39 Å². The minimum Gasteiger partial charge on any atom is -0.388 e. The Bertz CT molecular complexity index is 561. The minimum atomic E-state index is -0.668. The summed E-state index contributed by atoms with van der Waals surface area (Å²) in [5, 5.41) is 10.5. The number of nitrogens with two attached hydrogens (primary N) is 1. The number of aliphatic hydroxyl groups is 1. The summed E-state index contributed by atoms with van der Waals surface area (Å²) >= 11 is 0. The molecule has 1 saturated heterocycles. The minimum absolute atomic E-state index is 0.214. The lowest BCUT2D eigenvalue weighted by atomic mass is 9.85. The van der Waals surface area contributed by atoms with Crippen molar-refractivity contribution in [3.8, 4) is 0 Å². The number of aliphatic imine (C=N–C) groups is 1. The second-order valence-corrected chi connectivity index (χ2v) is 6.91. The smallest absolute Gasteiger partial charge is 0.191 e. The zero-order valence-corrected chi connectivity index (χ0v) is 14.1. The van der Waals surface area contributed by atoms with Crippen LogP contribution in [0.5, 0.6) is 0 Å². The van der Waals surface area contributed by atoms with Crippen LogP contribution in [0.15, 0.2) is 29.3 Å². The topological polar surface area (TPSA) is 65.1 Å². The molecule has 1 saturated carbocycles. The third kappa shape index (κ3) is 4.17. The predicted molar refractivity (Wildman–Crippen MR) is 94.7 cm³/mol. The molecule has 132 valence electrons. The van der Waals surface area contributed by atoms with E-state index in [4.69, 9.17) is 5.73 Å². The van der Waals surface area contributed by atoms with Gasteiger partial charge >= 0.3 is 0 Å². The predicted octanol–water partition coefficient (Wildman–Crippen LogP) is 1.96. The van der Waals surface area contributed by atoms with Gasteiger partial charge < -0.3 is 20.6 Å². The van der Waals surface area contributed by atoms with Crippen LogP contribution in [0.3, 0.4) is 0 Å². The maximum absolute atomic E-state index is 13.0. The van der Waals surface area contributed by atoms with Crippen molar-refractivity contribution in [2.75, 3.05) is 37.6 Å². The molecule has 1 aromatic rings. The second kappa shape index (κ2) is 7.38. The number of benzene rings is 1. The van der Waals surface area contributed by atoms with E-state index in [1.807, 2.05) is 0 Å². The van der Waals surface area contributed by atoms with Gasteiger partial charge in [-0.3, -0.25) is 4.99 Å². The highest BCUT2D eigenvalue weighted by Gasteiger charge is 2.29. The molecular formula is C18H27FN4O. The number of rotatable bonds is 3. The van der Waals surface area contributed by atoms with Gasteiger partial charge in [-0.1, -0.05) is 19.3 Å². The number of hydrogen-bond acceptors (Lipinski definition) is 3. The molecule has 6 heteroatoms. The Kier molecular flexibility index (Phi) is 5.23. The van der Waals surface area contributed by atoms with Crippen LogP contribution in [0, 0.1) is 5.82 Å². The Morgan fingerprint density at radius 3 is 2.33 bits per heavy atom. The monoisotopic (exact) mass is 334 g/mol. The second-order valence-electron chi connectivity index (χ2n) is 6.91. The van der Waals surface area contributed by atoms with Crippen LogP contribution in [-0.4, -0.2) is 54.3 Å². The van der Waals surface area contributed by atoms with E-state index in [1.54, 1.807) is 12.1 Å². The average molecular weight is 334 g/mol. The van der Waals surface area contributed by atoms with Gasteiger partial charge in [0, 0.05) is 31.9 Å². The maximum Gasteiger partial charge on any atom is 0.191 e. The van der Waals surface area contributed by atoms with Crippen LogP contribution in [0.1, 0.15) is 32.1 Å². The number of halogens is 1. The van der Waals surface area contributed by atoms with Crippen LogP contribution in [0.25, 0.3) is 0 Å². The quantitative estimate of drug-likeness (QED) is 0.655. The molecule has 1 aliphatic heterocycles. The Morgan fingerprint density at radius 1 is 1.08 bits per heavy atom. The van der Waals surface area contributed by atoms with Gasteiger partial charge in [0.1, 0.15) is 5.82 Å². The highest BCUT2D eigenvalue weighted by atomic mass is 19.1. The van der Waals surface area contributed by atoms with Crippen LogP contribution >= 0.6 is 0 Å². The fraction of sp³-hybridized carbons (Fsp3) is 0.611. The van der Waals surface area contributed by atoms with Crippen LogP contribution in [0.2, 0.25) is 0 Å². The van der Waals surface area contributed by atoms with E-state index in [0.717, 1.165) is 57.5 Å². The molecule has 1 aliphatic carbocycles. The molecule has 2 fully saturated rings. The summed E-state index contributed by atoms with van der Waals surface area (Å²) < 4.78 is 13.0. The number of piperazine rings is 1. The van der Waals surface area contributed by atoms with Crippen LogP contribution in [-0.2, 0) is 0 Å². The Labute approximate surface area is 143 Å². The number of nitrogens with zero attached hydrogens (tertiary/aromatic N) is 3. The normalized spacial score (nSPS) is 21.8. The van der Waals surface area contributed by atoms with E-state index < -0.39 is 5.60 Å². The molecule has 1 heterocycles. The summed E-state index contributed by atoms with van der Waals surface area (Å²) in [5.41, 5.74) is 6.49. The van der Waals surface area contributed by atoms with Crippen molar-refractivity contribution in [1.29, 1.82) is 0 Å². The standard InChI is InChI=1S/C18H27FN4O/c19-15-4-6-16(7-5-15)22-10-12-23(13-11-22)17(20)21-14-18(24)8-2-1-3-9-18/h4-7,24H,1-3,8-14H2,(H2,20,21). The number of anilines is 1. The van der Waals surface area contributed by atoms with Gasteiger partial charge in [-0.05, 0) is 37.1 Å². The van der Waals surface area contributed by atoms with E-state index in [1.165, 1.54) is 18.6 Å². The molecule has 1 aromatic carbocycles. The highest BCUT2D eigenvalue weighted by Crippen LogP contribution is 2.28. The van der Waals surface area contributed by atoms with Crippen LogP contribution in [0.4, 0.5) is 10.1 Å². The molecule has 0 unspecified atom stereocenters. The molecule has 0 atom stereocenters. The van der Waals surface area contributed by atoms with Crippen molar-refractivity contribution in [3.05, 3.63) is 30.1 Å². The van der Waals surface area contributed by atoms with E-state index in [2.05, 4.69) is 14.8 Å². The molecule has 24 heavy (non-hydrogen) atoms. The maximum atomic E-state index is 13.0. The molecular weight excluding hydrogens is 307 g/mol. The molecule has 0 aromatic heterocycles. The van der Waals surface area contributed by atoms with E-state index in [0.29, 0.717) is 12.5 Å². The molecule has 0 amide bonds. The number of hydrogen-bond donors (Lipinski definition) is 2. The van der Waals surface area contributed by atoms with Gasteiger partial charge in [-0.2, -0.15) is 0 Å². The Hall–Kier alpha value is -1.82. The molecule has 0 radical (unpaired) electrons. The zero-order valence-electron chi connectivity index (χ0n) is 14.1. The lowest BCUT2D eigenvalue weighted by molar-refractivity contribution is 0.0130. The molecule has 0 spiro atoms. The largest absolute Gasteiger partial charge is 0.388 e. The van der Waals surface area contributed by atoms with Crippen molar-refractivity contribution in [2.45, 2.75) is 37.7 Å². The third-order valence-electron chi connectivity index (χ3n) is 5.12. The first-order valence-corrected chi connectivity index (χ1v) is 8.84. The molecule has 5 nitrogen and oxygen atoms in total. The fourth-order valence-electron chi connectivity index (χ4n) is 3.54. The molecule has 2 aliphatic rings. The molecule has 3 N–H and O–H groups in total. The van der Waals surface area contributed by atoms with Gasteiger partial charge in [-0.15, -0.1) is 0 Å². The van der Waals surface area contributed by atoms with Crippen molar-refractivity contribution in [3.63, 3.8) is 0 Å². The lowest BCUT2D eigenvalue weighted by Crippen LogP contribution is -2.51. The van der Waals surface area contributed by atoms with Gasteiger partial charge in [0.25, 0.3) is 0 Å². The summed E-state index contributed by atoms with van der Waals surface area (Å²) in [5.74, 6) is 0.308. The SMILES string of the molecule is NC(=NCC1(O)CCCCC1)N1CCN(c2ccc(F)cc2)CC1. The molecule has 3 rings (SSSR count). The highest BCUT2D eigenvalue weighted by molar-refractivity contribution is 5.78. The van der Waals surface area contributed by atoms with Crippen molar-refractivity contribution in [2.24, 2.45) is 10.7 Å². The van der Waals surface area contributed by atoms with E-state index >= 15 is 0 Å². The van der Waals surface area contributed by atoms with Crippen LogP contribution < -0.4 is 10.6 Å². The van der Waals surface area contributed by atoms with E-state index in [9.17, 15) is 9.50 Å². The van der Waals surface area contributed by atoms with Gasteiger partial charge in [0.05, 0.1) is 12.1 Å². The summed E-state index contributed by atoms with van der Waals surface area (Å²) in [6.45, 7) is 3.62. The van der Waals surface area contributed by atoms with E-state index in [-0.39, 0.29) is 5.82 Å². The van der Waals surface area contributed by atoms with Crippen molar-refractivity contribution < 1.29 is 9.50 Å². The summed E-state index contributed by atoms with van der Waals surface area (Å²) in [7, 11) is 0. The summed E-state index contributed by atoms with van der Waals surface area (Å²) in [6, 6.07) is 6.59. The average Bonchev–Trinajstić information content (AvgIpc) is 2.61. The first kappa shape index (κ1) is 17.0. The third-order valence-corrected chi connectivity index (χ3v) is 5.12. The zero-order chi connectivity index (χ0) is 17.0. The lowest BCUT2D eigenvalue weighted by Gasteiger charge is -2.37. The molecule has 0 bridgehead atoms. The van der Waals surface area contributed by atoms with Gasteiger partial charge in [0.2, 0.25) is 0 Å². The van der Waals surface area contributed by atoms with Crippen molar-refractivity contribution in [1.82, 2.24) is 4.90 Å². The number of guanidine groups is 1. The van der Waals surface area contributed by atoms with Gasteiger partial charge in [0.15, 0.2) is 5.96 Å².